The fraction of sp³-hybridized carbons (Fsp3) is 0.412. The Morgan fingerprint density at radius 1 is 1.36 bits per heavy atom. The van der Waals surface area contributed by atoms with Gasteiger partial charge in [0.05, 0.1) is 5.52 Å². The van der Waals surface area contributed by atoms with Gasteiger partial charge in [-0.15, -0.1) is 0 Å². The van der Waals surface area contributed by atoms with E-state index in [-0.39, 0.29) is 5.91 Å². The zero-order valence-corrected chi connectivity index (χ0v) is 13.2. The number of nitrogens with zero attached hydrogens (tertiary/aromatic N) is 1. The summed E-state index contributed by atoms with van der Waals surface area (Å²) in [5, 5.41) is 7.96. The van der Waals surface area contributed by atoms with Crippen LogP contribution in [0, 0.1) is 5.92 Å². The summed E-state index contributed by atoms with van der Waals surface area (Å²) in [5.41, 5.74) is 1.19. The van der Waals surface area contributed by atoms with Crippen LogP contribution in [0.4, 0.5) is 0 Å². The van der Waals surface area contributed by atoms with Gasteiger partial charge in [0.1, 0.15) is 5.69 Å². The van der Waals surface area contributed by atoms with Crippen molar-refractivity contribution in [2.45, 2.75) is 19.3 Å². The highest BCUT2D eigenvalue weighted by atomic mass is 35.5. The molecule has 0 saturated carbocycles. The van der Waals surface area contributed by atoms with Crippen LogP contribution in [-0.4, -0.2) is 30.5 Å². The molecule has 116 valence electrons. The molecule has 1 unspecified atom stereocenters. The standard InChI is InChI=1S/C17H20ClN3O/c18-14-5-3-13-4-6-15(21-16(13)10-14)17(22)20-9-7-12-2-1-8-19-11-12/h3-6,10,12,19H,1-2,7-9,11H2,(H,20,22). The number of nitrogens with one attached hydrogen (secondary N) is 2. The van der Waals surface area contributed by atoms with Crippen molar-refractivity contribution in [2.75, 3.05) is 19.6 Å². The van der Waals surface area contributed by atoms with Crippen LogP contribution in [-0.2, 0) is 0 Å². The third-order valence-electron chi connectivity index (χ3n) is 4.12. The summed E-state index contributed by atoms with van der Waals surface area (Å²) in [5.74, 6) is 0.545. The second-order valence-corrected chi connectivity index (χ2v) is 6.23. The lowest BCUT2D eigenvalue weighted by Gasteiger charge is -2.22. The summed E-state index contributed by atoms with van der Waals surface area (Å²) in [6.45, 7) is 2.87. The second-order valence-electron chi connectivity index (χ2n) is 5.79. The quantitative estimate of drug-likeness (QED) is 0.911. The number of hydrogen-bond donors (Lipinski definition) is 2. The van der Waals surface area contributed by atoms with Crippen molar-refractivity contribution in [1.82, 2.24) is 15.6 Å². The Bertz CT molecular complexity index is 668. The molecule has 1 aromatic carbocycles. The predicted molar refractivity (Wildman–Crippen MR) is 89.3 cm³/mol. The van der Waals surface area contributed by atoms with E-state index < -0.39 is 0 Å². The van der Waals surface area contributed by atoms with Crippen LogP contribution in [0.2, 0.25) is 5.02 Å². The van der Waals surface area contributed by atoms with Crippen molar-refractivity contribution in [2.24, 2.45) is 5.92 Å². The van der Waals surface area contributed by atoms with Crippen LogP contribution in [0.3, 0.4) is 0 Å². The smallest absolute Gasteiger partial charge is 0.269 e. The molecule has 2 aromatic rings. The first-order valence-corrected chi connectivity index (χ1v) is 8.15. The number of carbonyl (C=O) groups excluding carboxylic acids is 1. The van der Waals surface area contributed by atoms with E-state index in [1.54, 1.807) is 12.1 Å². The van der Waals surface area contributed by atoms with E-state index >= 15 is 0 Å². The van der Waals surface area contributed by atoms with Crippen molar-refractivity contribution in [3.8, 4) is 0 Å². The summed E-state index contributed by atoms with van der Waals surface area (Å²) < 4.78 is 0. The van der Waals surface area contributed by atoms with Crippen molar-refractivity contribution in [3.63, 3.8) is 0 Å². The molecule has 1 aliphatic rings. The molecule has 22 heavy (non-hydrogen) atoms. The molecule has 1 aliphatic heterocycles. The van der Waals surface area contributed by atoms with Gasteiger partial charge in [-0.3, -0.25) is 4.79 Å². The van der Waals surface area contributed by atoms with Gasteiger partial charge in [-0.2, -0.15) is 0 Å². The molecule has 0 aliphatic carbocycles. The van der Waals surface area contributed by atoms with Gasteiger partial charge in [0.15, 0.2) is 0 Å². The lowest BCUT2D eigenvalue weighted by atomic mass is 9.96. The molecule has 0 bridgehead atoms. The number of carbonyl (C=O) groups is 1. The number of benzene rings is 1. The van der Waals surface area contributed by atoms with Crippen LogP contribution in [0.5, 0.6) is 0 Å². The average Bonchev–Trinajstić information content (AvgIpc) is 2.55. The first-order valence-electron chi connectivity index (χ1n) is 7.77. The van der Waals surface area contributed by atoms with Gasteiger partial charge in [0.2, 0.25) is 0 Å². The summed E-state index contributed by atoms with van der Waals surface area (Å²) in [7, 11) is 0. The Morgan fingerprint density at radius 3 is 3.05 bits per heavy atom. The number of piperidine rings is 1. The van der Waals surface area contributed by atoms with E-state index in [1.165, 1.54) is 12.8 Å². The largest absolute Gasteiger partial charge is 0.351 e. The van der Waals surface area contributed by atoms with Gasteiger partial charge in [0.25, 0.3) is 5.91 Å². The van der Waals surface area contributed by atoms with Crippen molar-refractivity contribution < 1.29 is 4.79 Å². The Hall–Kier alpha value is -1.65. The molecule has 1 amide bonds. The minimum absolute atomic E-state index is 0.120. The molecular weight excluding hydrogens is 298 g/mol. The molecule has 1 aromatic heterocycles. The monoisotopic (exact) mass is 317 g/mol. The van der Waals surface area contributed by atoms with E-state index in [0.717, 1.165) is 30.4 Å². The third-order valence-corrected chi connectivity index (χ3v) is 4.36. The maximum absolute atomic E-state index is 12.2. The molecule has 1 fully saturated rings. The number of aromatic nitrogens is 1. The summed E-state index contributed by atoms with van der Waals surface area (Å²) in [4.78, 5) is 16.6. The maximum Gasteiger partial charge on any atom is 0.269 e. The van der Waals surface area contributed by atoms with Crippen molar-refractivity contribution >= 4 is 28.4 Å². The SMILES string of the molecule is O=C(NCCC1CCCNC1)c1ccc2ccc(Cl)cc2n1. The van der Waals surface area contributed by atoms with E-state index in [9.17, 15) is 4.79 Å². The van der Waals surface area contributed by atoms with E-state index in [1.807, 2.05) is 18.2 Å². The van der Waals surface area contributed by atoms with Gasteiger partial charge in [0, 0.05) is 17.0 Å². The molecule has 1 saturated heterocycles. The molecule has 1 atom stereocenters. The third kappa shape index (κ3) is 3.76. The second kappa shape index (κ2) is 7.07. The number of amides is 1. The van der Waals surface area contributed by atoms with E-state index in [0.29, 0.717) is 23.2 Å². The van der Waals surface area contributed by atoms with Crippen molar-refractivity contribution in [1.29, 1.82) is 0 Å². The zero-order chi connectivity index (χ0) is 15.4. The van der Waals surface area contributed by atoms with Gasteiger partial charge in [-0.05, 0) is 56.5 Å². The lowest BCUT2D eigenvalue weighted by molar-refractivity contribution is 0.0946. The molecule has 2 heterocycles. The molecule has 3 rings (SSSR count). The molecule has 4 nitrogen and oxygen atoms in total. The Labute approximate surface area is 135 Å². The number of hydrogen-bond acceptors (Lipinski definition) is 3. The lowest BCUT2D eigenvalue weighted by Crippen LogP contribution is -2.33. The molecule has 5 heteroatoms. The maximum atomic E-state index is 12.2. The first kappa shape index (κ1) is 15.3. The van der Waals surface area contributed by atoms with E-state index in [2.05, 4.69) is 15.6 Å². The normalized spacial score (nSPS) is 18.3. The topological polar surface area (TPSA) is 54.0 Å². The average molecular weight is 318 g/mol. The van der Waals surface area contributed by atoms with Gasteiger partial charge in [-0.25, -0.2) is 4.98 Å². The molecule has 0 radical (unpaired) electrons. The number of pyridine rings is 1. The first-order chi connectivity index (χ1) is 10.7. The molecule has 2 N–H and O–H groups in total. The molecular formula is C17H20ClN3O. The summed E-state index contributed by atoms with van der Waals surface area (Å²) in [6, 6.07) is 9.17. The highest BCUT2D eigenvalue weighted by Crippen LogP contribution is 2.18. The summed E-state index contributed by atoms with van der Waals surface area (Å²) >= 11 is 5.97. The highest BCUT2D eigenvalue weighted by molar-refractivity contribution is 6.31. The van der Waals surface area contributed by atoms with Crippen LogP contribution in [0.1, 0.15) is 29.8 Å². The van der Waals surface area contributed by atoms with Crippen molar-refractivity contribution in [3.05, 3.63) is 41.0 Å². The number of rotatable bonds is 4. The van der Waals surface area contributed by atoms with Crippen LogP contribution < -0.4 is 10.6 Å². The highest BCUT2D eigenvalue weighted by Gasteiger charge is 2.13. The number of halogens is 1. The minimum atomic E-state index is -0.120. The Balaban J connectivity index is 1.59. The van der Waals surface area contributed by atoms with Gasteiger partial charge < -0.3 is 10.6 Å². The fourth-order valence-corrected chi connectivity index (χ4v) is 3.03. The van der Waals surface area contributed by atoms with Crippen LogP contribution in [0.15, 0.2) is 30.3 Å². The Morgan fingerprint density at radius 2 is 2.23 bits per heavy atom. The van der Waals surface area contributed by atoms with Gasteiger partial charge >= 0.3 is 0 Å². The predicted octanol–water partition coefficient (Wildman–Crippen LogP) is 3.01. The zero-order valence-electron chi connectivity index (χ0n) is 12.4. The van der Waals surface area contributed by atoms with E-state index in [4.69, 9.17) is 11.6 Å². The molecule has 0 spiro atoms. The fourth-order valence-electron chi connectivity index (χ4n) is 2.87. The minimum Gasteiger partial charge on any atom is -0.351 e. The van der Waals surface area contributed by atoms with Gasteiger partial charge in [-0.1, -0.05) is 23.7 Å². The Kier molecular flexibility index (Phi) is 4.90. The van der Waals surface area contributed by atoms with Crippen LogP contribution in [0.25, 0.3) is 10.9 Å². The summed E-state index contributed by atoms with van der Waals surface area (Å²) in [6.07, 6.45) is 3.49. The number of fused-ring (bicyclic) bond motifs is 1. The van der Waals surface area contributed by atoms with Crippen LogP contribution >= 0.6 is 11.6 Å².